The molecule has 0 heterocycles. The highest BCUT2D eigenvalue weighted by Gasteiger charge is 1.98. The lowest BCUT2D eigenvalue weighted by atomic mass is 10.5. The van der Waals surface area contributed by atoms with E-state index in [0.29, 0.717) is 0 Å². The quantitative estimate of drug-likeness (QED) is 0.335. The lowest BCUT2D eigenvalue weighted by Gasteiger charge is -2.01. The van der Waals surface area contributed by atoms with Crippen LogP contribution in [0.5, 0.6) is 0 Å². The van der Waals surface area contributed by atoms with Gasteiger partial charge in [0.05, 0.1) is 0 Å². The van der Waals surface area contributed by atoms with E-state index < -0.39 is 12.3 Å². The van der Waals surface area contributed by atoms with Crippen LogP contribution in [-0.2, 0) is 9.53 Å². The highest BCUT2D eigenvalue weighted by molar-refractivity contribution is 5.81. The third kappa shape index (κ3) is 5.03. The van der Waals surface area contributed by atoms with E-state index in [9.17, 15) is 4.79 Å². The van der Waals surface area contributed by atoms with Gasteiger partial charge in [0.2, 0.25) is 0 Å². The number of carbonyl (C=O) groups excluding carboxylic acids is 1. The zero-order valence-corrected chi connectivity index (χ0v) is 5.50. The SMILES string of the molecule is CC=CC(=O)OC(C)O. The summed E-state index contributed by atoms with van der Waals surface area (Å²) in [7, 11) is 0. The Bertz CT molecular complexity index is 115. The Morgan fingerprint density at radius 1 is 1.78 bits per heavy atom. The van der Waals surface area contributed by atoms with Crippen molar-refractivity contribution in [1.82, 2.24) is 0 Å². The predicted octanol–water partition coefficient (Wildman–Crippen LogP) is 0.444. The first-order valence-electron chi connectivity index (χ1n) is 2.68. The predicted molar refractivity (Wildman–Crippen MR) is 32.6 cm³/mol. The van der Waals surface area contributed by atoms with E-state index in [1.807, 2.05) is 0 Å². The normalized spacial score (nSPS) is 13.7. The van der Waals surface area contributed by atoms with Crippen LogP contribution in [0.15, 0.2) is 12.2 Å². The number of rotatable bonds is 2. The first-order valence-corrected chi connectivity index (χ1v) is 2.68. The molecule has 0 aromatic rings. The summed E-state index contributed by atoms with van der Waals surface area (Å²) in [5.41, 5.74) is 0. The number of aliphatic hydroxyl groups is 1. The molecule has 0 fully saturated rings. The van der Waals surface area contributed by atoms with Crippen LogP contribution in [0.25, 0.3) is 0 Å². The first kappa shape index (κ1) is 8.17. The highest BCUT2D eigenvalue weighted by atomic mass is 16.6. The van der Waals surface area contributed by atoms with E-state index >= 15 is 0 Å². The minimum absolute atomic E-state index is 0.521. The van der Waals surface area contributed by atoms with E-state index in [1.165, 1.54) is 13.0 Å². The lowest BCUT2D eigenvalue weighted by Crippen LogP contribution is -2.11. The maximum absolute atomic E-state index is 10.4. The average molecular weight is 130 g/mol. The van der Waals surface area contributed by atoms with Crippen LogP contribution >= 0.6 is 0 Å². The average Bonchev–Trinajstić information content (AvgIpc) is 1.63. The Morgan fingerprint density at radius 3 is 2.67 bits per heavy atom. The molecule has 3 nitrogen and oxygen atoms in total. The molecule has 3 heteroatoms. The van der Waals surface area contributed by atoms with Crippen LogP contribution in [0.2, 0.25) is 0 Å². The van der Waals surface area contributed by atoms with Gasteiger partial charge in [0.1, 0.15) is 0 Å². The molecule has 0 aliphatic heterocycles. The summed E-state index contributed by atoms with van der Waals surface area (Å²) in [6.45, 7) is 3.07. The standard InChI is InChI=1S/C6H10O3/c1-3-4-6(8)9-5(2)7/h3-5,7H,1-2H3. The van der Waals surface area contributed by atoms with Gasteiger partial charge in [-0.2, -0.15) is 0 Å². The molecule has 0 aromatic heterocycles. The monoisotopic (exact) mass is 130 g/mol. The van der Waals surface area contributed by atoms with Crippen LogP contribution in [0.4, 0.5) is 0 Å². The Kier molecular flexibility index (Phi) is 3.71. The van der Waals surface area contributed by atoms with E-state index in [1.54, 1.807) is 13.0 Å². The van der Waals surface area contributed by atoms with Gasteiger partial charge < -0.3 is 9.84 Å². The van der Waals surface area contributed by atoms with Gasteiger partial charge in [0.15, 0.2) is 6.29 Å². The Labute approximate surface area is 53.9 Å². The molecule has 0 saturated carbocycles. The van der Waals surface area contributed by atoms with Crippen molar-refractivity contribution in [3.05, 3.63) is 12.2 Å². The number of carbonyl (C=O) groups is 1. The molecular formula is C6H10O3. The van der Waals surface area contributed by atoms with E-state index in [2.05, 4.69) is 4.74 Å². The van der Waals surface area contributed by atoms with Crippen LogP contribution in [0.1, 0.15) is 13.8 Å². The second-order valence-corrected chi connectivity index (χ2v) is 1.54. The van der Waals surface area contributed by atoms with Gasteiger partial charge in [-0.05, 0) is 13.8 Å². The Balaban J connectivity index is 3.51. The van der Waals surface area contributed by atoms with Crippen LogP contribution in [-0.4, -0.2) is 17.4 Å². The zero-order valence-electron chi connectivity index (χ0n) is 5.50. The number of hydrogen-bond acceptors (Lipinski definition) is 3. The van der Waals surface area contributed by atoms with Crippen LogP contribution in [0, 0.1) is 0 Å². The lowest BCUT2D eigenvalue weighted by molar-refractivity contribution is -0.158. The molecule has 1 unspecified atom stereocenters. The molecule has 0 aliphatic rings. The smallest absolute Gasteiger partial charge is 0.332 e. The fraction of sp³-hybridized carbons (Fsp3) is 0.500. The number of aliphatic hydroxyl groups excluding tert-OH is 1. The van der Waals surface area contributed by atoms with Gasteiger partial charge in [0.25, 0.3) is 0 Å². The van der Waals surface area contributed by atoms with Crippen LogP contribution in [0.3, 0.4) is 0 Å². The third-order valence-electron chi connectivity index (χ3n) is 0.589. The van der Waals surface area contributed by atoms with Gasteiger partial charge in [-0.25, -0.2) is 4.79 Å². The molecule has 0 radical (unpaired) electrons. The number of hydrogen-bond donors (Lipinski definition) is 1. The molecule has 0 amide bonds. The van der Waals surface area contributed by atoms with Crippen molar-refractivity contribution in [2.75, 3.05) is 0 Å². The summed E-state index contributed by atoms with van der Waals surface area (Å²) in [4.78, 5) is 10.4. The molecule has 0 saturated heterocycles. The summed E-state index contributed by atoms with van der Waals surface area (Å²) >= 11 is 0. The van der Waals surface area contributed by atoms with Gasteiger partial charge >= 0.3 is 5.97 Å². The maximum atomic E-state index is 10.4. The summed E-state index contributed by atoms with van der Waals surface area (Å²) in [5, 5.41) is 8.47. The molecule has 9 heavy (non-hydrogen) atoms. The minimum Gasteiger partial charge on any atom is -0.433 e. The molecule has 0 bridgehead atoms. The Morgan fingerprint density at radius 2 is 2.33 bits per heavy atom. The van der Waals surface area contributed by atoms with Crippen LogP contribution < -0.4 is 0 Å². The number of allylic oxidation sites excluding steroid dienone is 1. The maximum Gasteiger partial charge on any atom is 0.332 e. The molecular weight excluding hydrogens is 120 g/mol. The molecule has 1 atom stereocenters. The fourth-order valence-corrected chi connectivity index (χ4v) is 0.343. The summed E-state index contributed by atoms with van der Waals surface area (Å²) in [6, 6.07) is 0. The fourth-order valence-electron chi connectivity index (χ4n) is 0.343. The molecule has 1 N–H and O–H groups in total. The molecule has 0 rings (SSSR count). The summed E-state index contributed by atoms with van der Waals surface area (Å²) < 4.78 is 4.32. The van der Waals surface area contributed by atoms with Crippen molar-refractivity contribution in [2.24, 2.45) is 0 Å². The molecule has 0 spiro atoms. The largest absolute Gasteiger partial charge is 0.433 e. The second kappa shape index (κ2) is 4.09. The van der Waals surface area contributed by atoms with Crippen molar-refractivity contribution in [3.8, 4) is 0 Å². The van der Waals surface area contributed by atoms with Gasteiger partial charge in [-0.15, -0.1) is 0 Å². The number of esters is 1. The Hall–Kier alpha value is -0.830. The number of ether oxygens (including phenoxy) is 1. The van der Waals surface area contributed by atoms with E-state index in [-0.39, 0.29) is 0 Å². The summed E-state index contributed by atoms with van der Waals surface area (Å²) in [5.74, 6) is -0.521. The summed E-state index contributed by atoms with van der Waals surface area (Å²) in [6.07, 6.45) is 1.77. The molecule has 0 aromatic carbocycles. The third-order valence-corrected chi connectivity index (χ3v) is 0.589. The topological polar surface area (TPSA) is 46.5 Å². The van der Waals surface area contributed by atoms with Crippen molar-refractivity contribution in [1.29, 1.82) is 0 Å². The van der Waals surface area contributed by atoms with Crippen molar-refractivity contribution in [3.63, 3.8) is 0 Å². The van der Waals surface area contributed by atoms with E-state index in [4.69, 9.17) is 5.11 Å². The second-order valence-electron chi connectivity index (χ2n) is 1.54. The van der Waals surface area contributed by atoms with Crippen molar-refractivity contribution < 1.29 is 14.6 Å². The van der Waals surface area contributed by atoms with Crippen molar-refractivity contribution in [2.45, 2.75) is 20.1 Å². The van der Waals surface area contributed by atoms with E-state index in [0.717, 1.165) is 0 Å². The molecule has 52 valence electrons. The van der Waals surface area contributed by atoms with Gasteiger partial charge in [-0.1, -0.05) is 6.08 Å². The highest BCUT2D eigenvalue weighted by Crippen LogP contribution is 1.86. The zero-order chi connectivity index (χ0) is 7.28. The minimum atomic E-state index is -1.02. The van der Waals surface area contributed by atoms with Gasteiger partial charge in [-0.3, -0.25) is 0 Å². The molecule has 0 aliphatic carbocycles. The van der Waals surface area contributed by atoms with Gasteiger partial charge in [0, 0.05) is 6.08 Å². The first-order chi connectivity index (χ1) is 4.16. The van der Waals surface area contributed by atoms with Crippen molar-refractivity contribution >= 4 is 5.97 Å².